The lowest BCUT2D eigenvalue weighted by Gasteiger charge is -2.26. The van der Waals surface area contributed by atoms with E-state index in [0.29, 0.717) is 31.3 Å². The summed E-state index contributed by atoms with van der Waals surface area (Å²) in [5.74, 6) is 1.04. The average molecular weight is 439 g/mol. The summed E-state index contributed by atoms with van der Waals surface area (Å²) in [7, 11) is -1.40. The minimum Gasteiger partial charge on any atom is -0.383 e. The van der Waals surface area contributed by atoms with Gasteiger partial charge in [0.05, 0.1) is 30.4 Å². The summed E-state index contributed by atoms with van der Waals surface area (Å²) in [5.41, 5.74) is 0.945. The first-order chi connectivity index (χ1) is 13.9. The molecule has 8 nitrogen and oxygen atoms in total. The van der Waals surface area contributed by atoms with Crippen molar-refractivity contribution in [2.24, 2.45) is 0 Å². The van der Waals surface area contributed by atoms with Crippen LogP contribution in [0.3, 0.4) is 0 Å². The quantitative estimate of drug-likeness (QED) is 0.550. The lowest BCUT2D eigenvalue weighted by atomic mass is 10.2. The van der Waals surface area contributed by atoms with Crippen molar-refractivity contribution in [1.29, 1.82) is 0 Å². The summed E-state index contributed by atoms with van der Waals surface area (Å²) in [4.78, 5) is 14.4. The topological polar surface area (TPSA) is 94.4 Å². The van der Waals surface area contributed by atoms with Crippen molar-refractivity contribution in [1.82, 2.24) is 19.7 Å². The zero-order valence-electron chi connectivity index (χ0n) is 16.7. The lowest BCUT2D eigenvalue weighted by molar-refractivity contribution is -0.129. The molecule has 0 radical (unpaired) electrons. The molecule has 3 rings (SSSR count). The summed E-state index contributed by atoms with van der Waals surface area (Å²) in [5, 5.41) is 9.23. The number of hydrogen-bond acceptors (Lipinski definition) is 7. The fraction of sp³-hybridized carbons (Fsp3) is 0.526. The first kappa shape index (κ1) is 21.8. The van der Waals surface area contributed by atoms with Crippen LogP contribution in [-0.2, 0) is 25.9 Å². The fourth-order valence-corrected chi connectivity index (χ4v) is 6.03. The Bertz CT molecular complexity index is 931. The summed E-state index contributed by atoms with van der Waals surface area (Å²) in [6.07, 6.45) is 0.509. The van der Waals surface area contributed by atoms with Crippen molar-refractivity contribution >= 4 is 27.5 Å². The van der Waals surface area contributed by atoms with Crippen LogP contribution in [0.4, 0.5) is 0 Å². The molecule has 10 heteroatoms. The molecule has 0 saturated carbocycles. The zero-order valence-corrected chi connectivity index (χ0v) is 18.3. The third-order valence-electron chi connectivity index (χ3n) is 4.90. The molecule has 0 spiro atoms. The third kappa shape index (κ3) is 5.37. The SMILES string of the molecule is CCN(C(=O)CSc1nnc(-c2ccccc2)n1CCOC)C1CCS(=O)(=O)C1. The number of sulfone groups is 1. The predicted octanol–water partition coefficient (Wildman–Crippen LogP) is 1.72. The number of carbonyl (C=O) groups excluding carboxylic acids is 1. The second-order valence-corrected chi connectivity index (χ2v) is 10.0. The molecule has 0 aliphatic carbocycles. The highest BCUT2D eigenvalue weighted by molar-refractivity contribution is 7.99. The van der Waals surface area contributed by atoms with Crippen molar-refractivity contribution in [2.45, 2.75) is 31.1 Å². The monoisotopic (exact) mass is 438 g/mol. The third-order valence-corrected chi connectivity index (χ3v) is 7.60. The number of amides is 1. The largest absolute Gasteiger partial charge is 0.383 e. The van der Waals surface area contributed by atoms with Gasteiger partial charge in [-0.1, -0.05) is 42.1 Å². The van der Waals surface area contributed by atoms with Gasteiger partial charge in [-0.3, -0.25) is 9.36 Å². The maximum absolute atomic E-state index is 12.8. The van der Waals surface area contributed by atoms with Crippen LogP contribution in [0, 0.1) is 0 Å². The molecule has 2 heterocycles. The molecule has 158 valence electrons. The van der Waals surface area contributed by atoms with Crippen molar-refractivity contribution < 1.29 is 17.9 Å². The van der Waals surface area contributed by atoms with Crippen LogP contribution >= 0.6 is 11.8 Å². The van der Waals surface area contributed by atoms with Crippen LogP contribution in [0.1, 0.15) is 13.3 Å². The molecule has 0 bridgehead atoms. The smallest absolute Gasteiger partial charge is 0.233 e. The Morgan fingerprint density at radius 3 is 2.69 bits per heavy atom. The minimum atomic E-state index is -3.04. The molecule has 1 atom stereocenters. The van der Waals surface area contributed by atoms with Crippen molar-refractivity contribution in [2.75, 3.05) is 37.5 Å². The van der Waals surface area contributed by atoms with Crippen LogP contribution in [0.5, 0.6) is 0 Å². The fourth-order valence-electron chi connectivity index (χ4n) is 3.45. The first-order valence-corrected chi connectivity index (χ1v) is 12.4. The molecule has 1 unspecified atom stereocenters. The maximum atomic E-state index is 12.8. The zero-order chi connectivity index (χ0) is 20.9. The van der Waals surface area contributed by atoms with E-state index in [1.165, 1.54) is 11.8 Å². The van der Waals surface area contributed by atoms with Crippen LogP contribution in [-0.4, -0.2) is 77.6 Å². The Morgan fingerprint density at radius 2 is 2.07 bits per heavy atom. The van der Waals surface area contributed by atoms with E-state index in [1.807, 2.05) is 41.8 Å². The van der Waals surface area contributed by atoms with Gasteiger partial charge in [-0.25, -0.2) is 8.42 Å². The van der Waals surface area contributed by atoms with Crippen molar-refractivity contribution in [3.05, 3.63) is 30.3 Å². The maximum Gasteiger partial charge on any atom is 0.233 e. The van der Waals surface area contributed by atoms with Gasteiger partial charge in [-0.05, 0) is 13.3 Å². The van der Waals surface area contributed by atoms with Gasteiger partial charge in [0, 0.05) is 25.3 Å². The second kappa shape index (κ2) is 9.73. The number of carbonyl (C=O) groups is 1. The van der Waals surface area contributed by atoms with E-state index in [-0.39, 0.29) is 29.2 Å². The van der Waals surface area contributed by atoms with Gasteiger partial charge in [0.1, 0.15) is 0 Å². The molecule has 1 aliphatic heterocycles. The molecule has 1 aliphatic rings. The molecular weight excluding hydrogens is 412 g/mol. The Kier molecular flexibility index (Phi) is 7.31. The van der Waals surface area contributed by atoms with E-state index in [9.17, 15) is 13.2 Å². The normalized spacial score (nSPS) is 18.1. The van der Waals surface area contributed by atoms with Gasteiger partial charge >= 0.3 is 0 Å². The van der Waals surface area contributed by atoms with Crippen molar-refractivity contribution in [3.8, 4) is 11.4 Å². The Hall–Kier alpha value is -1.91. The highest BCUT2D eigenvalue weighted by Gasteiger charge is 2.34. The van der Waals surface area contributed by atoms with Gasteiger partial charge in [0.2, 0.25) is 5.91 Å². The molecule has 1 saturated heterocycles. The highest BCUT2D eigenvalue weighted by atomic mass is 32.2. The first-order valence-electron chi connectivity index (χ1n) is 9.55. The van der Waals surface area contributed by atoms with E-state index in [0.717, 1.165) is 11.4 Å². The summed E-state index contributed by atoms with van der Waals surface area (Å²) in [6.45, 7) is 3.44. The predicted molar refractivity (Wildman–Crippen MR) is 113 cm³/mol. The number of aromatic nitrogens is 3. The van der Waals surface area contributed by atoms with Gasteiger partial charge in [0.15, 0.2) is 20.8 Å². The number of methoxy groups -OCH3 is 1. The molecule has 1 fully saturated rings. The van der Waals surface area contributed by atoms with E-state index in [4.69, 9.17) is 4.74 Å². The van der Waals surface area contributed by atoms with Crippen LogP contribution < -0.4 is 0 Å². The van der Waals surface area contributed by atoms with Crippen LogP contribution in [0.15, 0.2) is 35.5 Å². The summed E-state index contributed by atoms with van der Waals surface area (Å²) in [6, 6.07) is 9.52. The van der Waals surface area contributed by atoms with E-state index < -0.39 is 9.84 Å². The molecule has 1 aromatic carbocycles. The molecule has 29 heavy (non-hydrogen) atoms. The number of ether oxygens (including phenoxy) is 1. The van der Waals surface area contributed by atoms with Gasteiger partial charge in [-0.2, -0.15) is 0 Å². The minimum absolute atomic E-state index is 0.0550. The molecule has 1 aromatic heterocycles. The number of rotatable bonds is 9. The molecule has 2 aromatic rings. The summed E-state index contributed by atoms with van der Waals surface area (Å²) < 4.78 is 30.7. The molecular formula is C19H26N4O4S2. The number of nitrogens with zero attached hydrogens (tertiary/aromatic N) is 4. The van der Waals surface area contributed by atoms with Crippen molar-refractivity contribution in [3.63, 3.8) is 0 Å². The van der Waals surface area contributed by atoms with E-state index >= 15 is 0 Å². The Morgan fingerprint density at radius 1 is 1.31 bits per heavy atom. The van der Waals surface area contributed by atoms with Gasteiger partial charge in [-0.15, -0.1) is 10.2 Å². The number of thioether (sulfide) groups is 1. The van der Waals surface area contributed by atoms with Crippen LogP contribution in [0.25, 0.3) is 11.4 Å². The van der Waals surface area contributed by atoms with Gasteiger partial charge < -0.3 is 9.64 Å². The highest BCUT2D eigenvalue weighted by Crippen LogP contribution is 2.25. The van der Waals surface area contributed by atoms with Gasteiger partial charge in [0.25, 0.3) is 0 Å². The molecule has 1 amide bonds. The Balaban J connectivity index is 1.72. The second-order valence-electron chi connectivity index (χ2n) is 6.84. The average Bonchev–Trinajstić information content (AvgIpc) is 3.28. The summed E-state index contributed by atoms with van der Waals surface area (Å²) >= 11 is 1.32. The standard InChI is InChI=1S/C19H26N4O4S2/c1-3-22(16-9-12-29(25,26)14-16)17(24)13-28-19-21-20-18(23(19)10-11-27-2)15-7-5-4-6-8-15/h4-8,16H,3,9-14H2,1-2H3. The Labute approximate surface area is 175 Å². The van der Waals surface area contributed by atoms with Crippen LogP contribution in [0.2, 0.25) is 0 Å². The lowest BCUT2D eigenvalue weighted by Crippen LogP contribution is -2.42. The van der Waals surface area contributed by atoms with E-state index in [2.05, 4.69) is 10.2 Å². The molecule has 0 N–H and O–H groups in total. The van der Waals surface area contributed by atoms with E-state index in [1.54, 1.807) is 12.0 Å². The number of benzene rings is 1. The number of hydrogen-bond donors (Lipinski definition) is 0.